The van der Waals surface area contributed by atoms with Crippen LogP contribution in [0.3, 0.4) is 0 Å². The van der Waals surface area contributed by atoms with Gasteiger partial charge in [0.2, 0.25) is 5.95 Å². The Morgan fingerprint density at radius 1 is 1.16 bits per heavy atom. The number of rotatable bonds is 10. The second-order valence-electron chi connectivity index (χ2n) is 7.64. The molecule has 0 aromatic carbocycles. The highest BCUT2D eigenvalue weighted by atomic mass is 16.5. The number of aryl methyl sites for hydroxylation is 1. The lowest BCUT2D eigenvalue weighted by Crippen LogP contribution is -2.45. The van der Waals surface area contributed by atoms with Crippen LogP contribution >= 0.6 is 0 Å². The molecule has 2 aromatic heterocycles. The zero-order valence-corrected chi connectivity index (χ0v) is 19.0. The summed E-state index contributed by atoms with van der Waals surface area (Å²) in [5.41, 5.74) is 2.83. The van der Waals surface area contributed by atoms with Crippen LogP contribution in [0, 0.1) is 12.3 Å². The van der Waals surface area contributed by atoms with Gasteiger partial charge in [-0.1, -0.05) is 13.0 Å². The van der Waals surface area contributed by atoms with Crippen LogP contribution in [-0.4, -0.2) is 78.5 Å². The molecule has 0 bridgehead atoms. The fourth-order valence-electron chi connectivity index (χ4n) is 3.36. The van der Waals surface area contributed by atoms with E-state index in [1.165, 1.54) is 0 Å². The summed E-state index contributed by atoms with van der Waals surface area (Å²) < 4.78 is 5.49. The van der Waals surface area contributed by atoms with Gasteiger partial charge in [-0.2, -0.15) is 4.98 Å². The first-order valence-corrected chi connectivity index (χ1v) is 11.0. The molecule has 0 amide bonds. The molecule has 0 saturated carbocycles. The van der Waals surface area contributed by atoms with Gasteiger partial charge in [0.25, 0.3) is 0 Å². The van der Waals surface area contributed by atoms with Crippen LogP contribution in [0.2, 0.25) is 0 Å². The monoisotopic (exact) mass is 426 g/mol. The highest BCUT2D eigenvalue weighted by Crippen LogP contribution is 2.30. The maximum Gasteiger partial charge on any atom is 0.228 e. The molecule has 31 heavy (non-hydrogen) atoms. The lowest BCUT2D eigenvalue weighted by atomic mass is 10.1. The third kappa shape index (κ3) is 5.89. The summed E-state index contributed by atoms with van der Waals surface area (Å²) in [5, 5.41) is 15.4. The van der Waals surface area contributed by atoms with Gasteiger partial charge < -0.3 is 30.6 Å². The van der Waals surface area contributed by atoms with Gasteiger partial charge in [0.15, 0.2) is 5.82 Å². The number of nitrogens with zero attached hydrogens (tertiary/aromatic N) is 5. The minimum Gasteiger partial charge on any atom is -0.380 e. The van der Waals surface area contributed by atoms with Crippen LogP contribution in [0.25, 0.3) is 0 Å². The number of ether oxygens (including phenoxy) is 1. The van der Waals surface area contributed by atoms with Crippen molar-refractivity contribution in [3.8, 4) is 0 Å². The Hall–Kier alpha value is -2.78. The van der Waals surface area contributed by atoms with E-state index >= 15 is 0 Å². The van der Waals surface area contributed by atoms with Crippen LogP contribution in [0.5, 0.6) is 0 Å². The number of hydrogen-bond acceptors (Lipinski definition) is 9. The van der Waals surface area contributed by atoms with E-state index < -0.39 is 0 Å². The predicted molar refractivity (Wildman–Crippen MR) is 126 cm³/mol. The molecule has 1 fully saturated rings. The number of aromatic nitrogens is 3. The standard InChI is InChI=1S/C22H34N8O/c1-5-17(23)18-19(24-10-15-31-6-2)21(27-20-16(3)8-7-9-25-20)28-22(26-18)30-13-11-29(4)12-14-30/h7-9,23-24H,5-6,10-15H2,1-4H3,(H,25,26,27,28). The molecule has 3 heterocycles. The Morgan fingerprint density at radius 2 is 1.94 bits per heavy atom. The molecule has 2 aromatic rings. The topological polar surface area (TPSA) is 102 Å². The van der Waals surface area contributed by atoms with Crippen LogP contribution in [-0.2, 0) is 4.74 Å². The molecule has 0 radical (unpaired) electrons. The summed E-state index contributed by atoms with van der Waals surface area (Å²) in [4.78, 5) is 18.7. The quantitative estimate of drug-likeness (QED) is 0.394. The molecular weight excluding hydrogens is 392 g/mol. The van der Waals surface area contributed by atoms with Crippen molar-refractivity contribution in [2.75, 3.05) is 68.5 Å². The molecule has 1 saturated heterocycles. The van der Waals surface area contributed by atoms with Crippen LogP contribution < -0.4 is 15.5 Å². The summed E-state index contributed by atoms with van der Waals surface area (Å²) in [5.74, 6) is 2.02. The lowest BCUT2D eigenvalue weighted by Gasteiger charge is -2.33. The van der Waals surface area contributed by atoms with Gasteiger partial charge in [-0.15, -0.1) is 0 Å². The van der Waals surface area contributed by atoms with Crippen molar-refractivity contribution in [3.05, 3.63) is 29.6 Å². The summed E-state index contributed by atoms with van der Waals surface area (Å²) in [7, 11) is 2.12. The number of pyridine rings is 1. The van der Waals surface area contributed by atoms with Crippen molar-refractivity contribution in [2.24, 2.45) is 0 Å². The fourth-order valence-corrected chi connectivity index (χ4v) is 3.36. The summed E-state index contributed by atoms with van der Waals surface area (Å²) in [6, 6.07) is 3.92. The Bertz CT molecular complexity index is 880. The van der Waals surface area contributed by atoms with Crippen LogP contribution in [0.1, 0.15) is 31.5 Å². The van der Waals surface area contributed by atoms with Gasteiger partial charge >= 0.3 is 0 Å². The fraction of sp³-hybridized carbons (Fsp3) is 0.545. The van der Waals surface area contributed by atoms with E-state index in [0.29, 0.717) is 49.4 Å². The molecule has 9 nitrogen and oxygen atoms in total. The van der Waals surface area contributed by atoms with Crippen LogP contribution in [0.4, 0.5) is 23.3 Å². The maximum atomic E-state index is 8.57. The Balaban J connectivity index is 2.02. The molecule has 3 N–H and O–H groups in total. The van der Waals surface area contributed by atoms with Crippen molar-refractivity contribution in [1.29, 1.82) is 5.41 Å². The molecule has 0 atom stereocenters. The largest absolute Gasteiger partial charge is 0.380 e. The van der Waals surface area contributed by atoms with Crippen molar-refractivity contribution < 1.29 is 4.74 Å². The Kier molecular flexibility index (Phi) is 8.13. The Morgan fingerprint density at radius 3 is 2.61 bits per heavy atom. The smallest absolute Gasteiger partial charge is 0.228 e. The van der Waals surface area contributed by atoms with E-state index in [9.17, 15) is 0 Å². The third-order valence-corrected chi connectivity index (χ3v) is 5.32. The molecule has 3 rings (SSSR count). The molecule has 0 spiro atoms. The highest BCUT2D eigenvalue weighted by Gasteiger charge is 2.23. The second kappa shape index (κ2) is 11.0. The van der Waals surface area contributed by atoms with Gasteiger partial charge in [-0.25, -0.2) is 9.97 Å². The zero-order chi connectivity index (χ0) is 22.2. The number of piperazine rings is 1. The van der Waals surface area contributed by atoms with Gasteiger partial charge in [0, 0.05) is 45.5 Å². The summed E-state index contributed by atoms with van der Waals surface area (Å²) in [6.45, 7) is 11.4. The van der Waals surface area contributed by atoms with Crippen LogP contribution in [0.15, 0.2) is 18.3 Å². The lowest BCUT2D eigenvalue weighted by molar-refractivity contribution is 0.158. The van der Waals surface area contributed by atoms with E-state index in [4.69, 9.17) is 20.1 Å². The number of likely N-dealkylation sites (N-methyl/N-ethyl adjacent to an activating group) is 1. The number of hydrogen-bond donors (Lipinski definition) is 3. The minimum absolute atomic E-state index is 0.470. The molecule has 0 unspecified atom stereocenters. The average molecular weight is 427 g/mol. The normalized spacial score (nSPS) is 14.5. The first-order valence-electron chi connectivity index (χ1n) is 11.0. The summed E-state index contributed by atoms with van der Waals surface area (Å²) >= 11 is 0. The third-order valence-electron chi connectivity index (χ3n) is 5.32. The molecule has 168 valence electrons. The van der Waals surface area contributed by atoms with Crippen molar-refractivity contribution in [3.63, 3.8) is 0 Å². The first kappa shape index (κ1) is 22.9. The molecule has 1 aliphatic rings. The summed E-state index contributed by atoms with van der Waals surface area (Å²) in [6.07, 6.45) is 2.34. The number of nitrogens with one attached hydrogen (secondary N) is 3. The van der Waals surface area contributed by atoms with E-state index in [1.807, 2.05) is 32.9 Å². The highest BCUT2D eigenvalue weighted by molar-refractivity contribution is 6.03. The van der Waals surface area contributed by atoms with Gasteiger partial charge in [0.1, 0.15) is 17.2 Å². The SMILES string of the molecule is CCOCCNc1c(Nc2ncccc2C)nc(N2CCN(C)CC2)nc1C(=N)CC. The zero-order valence-electron chi connectivity index (χ0n) is 19.0. The van der Waals surface area contributed by atoms with Gasteiger partial charge in [-0.3, -0.25) is 0 Å². The Labute approximate surface area is 184 Å². The van der Waals surface area contributed by atoms with Crippen molar-refractivity contribution in [2.45, 2.75) is 27.2 Å². The van der Waals surface area contributed by atoms with E-state index in [2.05, 4.69) is 32.5 Å². The first-order chi connectivity index (χ1) is 15.0. The molecular formula is C22H34N8O. The molecule has 0 aliphatic carbocycles. The van der Waals surface area contributed by atoms with E-state index in [-0.39, 0.29) is 0 Å². The van der Waals surface area contributed by atoms with Crippen molar-refractivity contribution in [1.82, 2.24) is 19.9 Å². The second-order valence-corrected chi connectivity index (χ2v) is 7.64. The van der Waals surface area contributed by atoms with E-state index in [0.717, 1.165) is 43.2 Å². The number of anilines is 4. The molecule has 9 heteroatoms. The van der Waals surface area contributed by atoms with Gasteiger partial charge in [0.05, 0.1) is 12.3 Å². The minimum atomic E-state index is 0.470. The van der Waals surface area contributed by atoms with E-state index in [1.54, 1.807) is 6.20 Å². The average Bonchev–Trinajstić information content (AvgIpc) is 2.78. The predicted octanol–water partition coefficient (Wildman–Crippen LogP) is 2.90. The maximum absolute atomic E-state index is 8.57. The molecule has 1 aliphatic heterocycles. The van der Waals surface area contributed by atoms with Gasteiger partial charge in [-0.05, 0) is 38.9 Å². The van der Waals surface area contributed by atoms with Crippen molar-refractivity contribution >= 4 is 29.0 Å².